The molecule has 96 valence electrons. The van der Waals surface area contributed by atoms with Crippen molar-refractivity contribution in [3.05, 3.63) is 53.5 Å². The number of nitrogens with one attached hydrogen (secondary N) is 1. The Labute approximate surface area is 111 Å². The van der Waals surface area contributed by atoms with Gasteiger partial charge in [-0.05, 0) is 42.8 Å². The molecule has 0 aliphatic rings. The topological polar surface area (TPSA) is 68.3 Å². The second-order valence-corrected chi connectivity index (χ2v) is 3.97. The number of hydrogen-bond donors (Lipinski definition) is 2. The second kappa shape index (κ2) is 5.89. The molecule has 0 fully saturated rings. The molecule has 0 bridgehead atoms. The van der Waals surface area contributed by atoms with Crippen LogP contribution in [0.25, 0.3) is 0 Å². The van der Waals surface area contributed by atoms with Gasteiger partial charge >= 0.3 is 0 Å². The first kappa shape index (κ1) is 12.9. The van der Waals surface area contributed by atoms with Crippen molar-refractivity contribution in [3.8, 4) is 11.8 Å². The van der Waals surface area contributed by atoms with Crippen LogP contribution in [0.1, 0.15) is 21.7 Å². The summed E-state index contributed by atoms with van der Waals surface area (Å²) in [5, 5.41) is 2.76. The Kier molecular flexibility index (Phi) is 4.01. The van der Waals surface area contributed by atoms with E-state index in [1.54, 1.807) is 18.2 Å². The monoisotopic (exact) mass is 254 g/mol. The number of benzene rings is 1. The molecule has 0 aliphatic carbocycles. The molecular formula is C15H14N2O2. The van der Waals surface area contributed by atoms with E-state index in [2.05, 4.69) is 17.2 Å². The molecule has 1 amide bonds. The van der Waals surface area contributed by atoms with Crippen LogP contribution in [0.15, 0.2) is 41.0 Å². The lowest BCUT2D eigenvalue weighted by Gasteiger charge is -2.05. The molecule has 0 spiro atoms. The number of anilines is 1. The van der Waals surface area contributed by atoms with Crippen LogP contribution >= 0.6 is 0 Å². The Morgan fingerprint density at radius 2 is 2.26 bits per heavy atom. The molecular weight excluding hydrogens is 240 g/mol. The molecule has 4 nitrogen and oxygen atoms in total. The normalized spacial score (nSPS) is 9.58. The highest BCUT2D eigenvalue weighted by molar-refractivity contribution is 6.02. The second-order valence-electron chi connectivity index (χ2n) is 3.97. The van der Waals surface area contributed by atoms with E-state index < -0.39 is 0 Å². The number of carbonyl (C=O) groups is 1. The van der Waals surface area contributed by atoms with Gasteiger partial charge in [0.2, 0.25) is 0 Å². The van der Waals surface area contributed by atoms with Crippen molar-refractivity contribution in [2.45, 2.75) is 6.92 Å². The minimum Gasteiger partial charge on any atom is -0.459 e. The van der Waals surface area contributed by atoms with Gasteiger partial charge in [-0.1, -0.05) is 11.8 Å². The maximum atomic E-state index is 11.8. The molecule has 0 saturated carbocycles. The first-order chi connectivity index (χ1) is 9.20. The van der Waals surface area contributed by atoms with Gasteiger partial charge in [-0.2, -0.15) is 0 Å². The van der Waals surface area contributed by atoms with E-state index in [4.69, 9.17) is 10.2 Å². The maximum absolute atomic E-state index is 11.8. The van der Waals surface area contributed by atoms with E-state index in [1.165, 1.54) is 6.26 Å². The summed E-state index contributed by atoms with van der Waals surface area (Å²) < 4.78 is 5.03. The number of carbonyl (C=O) groups excluding carboxylic acids is 1. The number of furan rings is 1. The first-order valence-corrected chi connectivity index (χ1v) is 5.85. The van der Waals surface area contributed by atoms with Gasteiger partial charge in [-0.3, -0.25) is 4.79 Å². The summed E-state index contributed by atoms with van der Waals surface area (Å²) >= 11 is 0. The molecule has 0 radical (unpaired) electrons. The van der Waals surface area contributed by atoms with Crippen molar-refractivity contribution < 1.29 is 9.21 Å². The molecule has 1 aromatic heterocycles. The molecule has 0 aliphatic heterocycles. The molecule has 0 unspecified atom stereocenters. The van der Waals surface area contributed by atoms with E-state index in [1.807, 2.05) is 19.1 Å². The highest BCUT2D eigenvalue weighted by Crippen LogP contribution is 2.15. The maximum Gasteiger partial charge on any atom is 0.291 e. The zero-order chi connectivity index (χ0) is 13.7. The molecule has 1 aromatic carbocycles. The zero-order valence-electron chi connectivity index (χ0n) is 10.6. The van der Waals surface area contributed by atoms with Crippen LogP contribution in [0.5, 0.6) is 0 Å². The van der Waals surface area contributed by atoms with Crippen molar-refractivity contribution in [1.82, 2.24) is 0 Å². The fraction of sp³-hybridized carbons (Fsp3) is 0.133. The predicted molar refractivity (Wildman–Crippen MR) is 73.8 cm³/mol. The van der Waals surface area contributed by atoms with Crippen LogP contribution in [0.3, 0.4) is 0 Å². The summed E-state index contributed by atoms with van der Waals surface area (Å²) in [4.78, 5) is 11.8. The number of amides is 1. The number of nitrogens with two attached hydrogens (primary N) is 1. The molecule has 19 heavy (non-hydrogen) atoms. The van der Waals surface area contributed by atoms with Crippen LogP contribution in [0.4, 0.5) is 5.69 Å². The predicted octanol–water partition coefficient (Wildman–Crippen LogP) is 2.15. The molecule has 2 aromatic rings. The molecule has 0 saturated heterocycles. The molecule has 0 atom stereocenters. The quantitative estimate of drug-likeness (QED) is 0.807. The minimum atomic E-state index is -0.273. The van der Waals surface area contributed by atoms with Gasteiger partial charge < -0.3 is 15.5 Å². The number of aryl methyl sites for hydroxylation is 1. The van der Waals surface area contributed by atoms with Crippen LogP contribution < -0.4 is 11.1 Å². The third-order valence-corrected chi connectivity index (χ3v) is 2.55. The fourth-order valence-corrected chi connectivity index (χ4v) is 1.63. The first-order valence-electron chi connectivity index (χ1n) is 5.85. The van der Waals surface area contributed by atoms with Crippen LogP contribution in [0, 0.1) is 18.8 Å². The minimum absolute atomic E-state index is 0.273. The Morgan fingerprint density at radius 1 is 1.42 bits per heavy atom. The summed E-state index contributed by atoms with van der Waals surface area (Å²) in [6, 6.07) is 8.81. The summed E-state index contributed by atoms with van der Waals surface area (Å²) in [5.41, 5.74) is 7.93. The smallest absolute Gasteiger partial charge is 0.291 e. The van der Waals surface area contributed by atoms with Gasteiger partial charge in [0.25, 0.3) is 5.91 Å². The highest BCUT2D eigenvalue weighted by Gasteiger charge is 2.08. The Morgan fingerprint density at radius 3 is 2.89 bits per heavy atom. The van der Waals surface area contributed by atoms with Gasteiger partial charge in [0.15, 0.2) is 5.76 Å². The van der Waals surface area contributed by atoms with Crippen molar-refractivity contribution >= 4 is 11.6 Å². The molecule has 3 N–H and O–H groups in total. The summed E-state index contributed by atoms with van der Waals surface area (Å²) in [6.45, 7) is 2.26. The highest BCUT2D eigenvalue weighted by atomic mass is 16.3. The Hall–Kier alpha value is -2.51. The van der Waals surface area contributed by atoms with Gasteiger partial charge in [0, 0.05) is 11.3 Å². The SMILES string of the molecule is Cc1cc(NC(=O)c2ccco2)ccc1C#CCN. The van der Waals surface area contributed by atoms with E-state index in [-0.39, 0.29) is 11.7 Å². The molecule has 1 heterocycles. The van der Waals surface area contributed by atoms with E-state index >= 15 is 0 Å². The zero-order valence-corrected chi connectivity index (χ0v) is 10.6. The average molecular weight is 254 g/mol. The molecule has 2 rings (SSSR count). The van der Waals surface area contributed by atoms with Crippen LogP contribution in [-0.4, -0.2) is 12.5 Å². The third-order valence-electron chi connectivity index (χ3n) is 2.55. The van der Waals surface area contributed by atoms with Crippen molar-refractivity contribution in [3.63, 3.8) is 0 Å². The number of rotatable bonds is 2. The van der Waals surface area contributed by atoms with E-state index in [0.29, 0.717) is 12.2 Å². The van der Waals surface area contributed by atoms with Crippen LogP contribution in [-0.2, 0) is 0 Å². The van der Waals surface area contributed by atoms with Gasteiger partial charge in [0.1, 0.15) is 0 Å². The fourth-order valence-electron chi connectivity index (χ4n) is 1.63. The lowest BCUT2D eigenvalue weighted by Crippen LogP contribution is -2.10. The number of hydrogen-bond acceptors (Lipinski definition) is 3. The standard InChI is InChI=1S/C15H14N2O2/c1-11-10-13(7-6-12(11)4-2-8-16)17-15(18)14-5-3-9-19-14/h3,5-7,9-10H,8,16H2,1H3,(H,17,18). The Balaban J connectivity index is 2.14. The van der Waals surface area contributed by atoms with E-state index in [9.17, 15) is 4.79 Å². The van der Waals surface area contributed by atoms with Gasteiger partial charge in [-0.25, -0.2) is 0 Å². The lowest BCUT2D eigenvalue weighted by atomic mass is 10.1. The summed E-state index contributed by atoms with van der Waals surface area (Å²) in [7, 11) is 0. The third kappa shape index (κ3) is 3.24. The van der Waals surface area contributed by atoms with Crippen molar-refractivity contribution in [1.29, 1.82) is 0 Å². The largest absolute Gasteiger partial charge is 0.459 e. The molecule has 4 heteroatoms. The average Bonchev–Trinajstić information content (AvgIpc) is 2.92. The Bertz CT molecular complexity index is 634. The van der Waals surface area contributed by atoms with Crippen LogP contribution in [0.2, 0.25) is 0 Å². The van der Waals surface area contributed by atoms with Gasteiger partial charge in [-0.15, -0.1) is 0 Å². The van der Waals surface area contributed by atoms with E-state index in [0.717, 1.165) is 11.1 Å². The van der Waals surface area contributed by atoms with Crippen molar-refractivity contribution in [2.24, 2.45) is 5.73 Å². The summed E-state index contributed by atoms with van der Waals surface area (Å²) in [6.07, 6.45) is 1.46. The van der Waals surface area contributed by atoms with Crippen molar-refractivity contribution in [2.75, 3.05) is 11.9 Å². The lowest BCUT2D eigenvalue weighted by molar-refractivity contribution is 0.0996. The van der Waals surface area contributed by atoms with Gasteiger partial charge in [0.05, 0.1) is 12.8 Å². The summed E-state index contributed by atoms with van der Waals surface area (Å²) in [5.74, 6) is 5.79.